The first-order chi connectivity index (χ1) is 11.8. The largest absolute Gasteiger partial charge is 0.370 e. The summed E-state index contributed by atoms with van der Waals surface area (Å²) >= 11 is 0. The Morgan fingerprint density at radius 2 is 1.25 bits per heavy atom. The van der Waals surface area contributed by atoms with Crippen LogP contribution in [0.2, 0.25) is 0 Å². The molecule has 1 fully saturated rings. The van der Waals surface area contributed by atoms with Gasteiger partial charge in [0.1, 0.15) is 0 Å². The van der Waals surface area contributed by atoms with Gasteiger partial charge in [-0.25, -0.2) is 0 Å². The molecule has 2 aromatic carbocycles. The lowest BCUT2D eigenvalue weighted by molar-refractivity contribution is 0.0987. The predicted molar refractivity (Wildman–Crippen MR) is 93.9 cm³/mol. The Balaban J connectivity index is 1.91. The highest BCUT2D eigenvalue weighted by Crippen LogP contribution is 2.35. The molecule has 1 saturated heterocycles. The average Bonchev–Trinajstić information content (AvgIpc) is 2.90. The van der Waals surface area contributed by atoms with Gasteiger partial charge in [0.15, 0.2) is 11.6 Å². The third kappa shape index (κ3) is 2.37. The second kappa shape index (κ2) is 6.08. The van der Waals surface area contributed by atoms with Crippen molar-refractivity contribution in [2.24, 2.45) is 0 Å². The maximum atomic E-state index is 13.0. The molecule has 0 N–H and O–H groups in total. The fourth-order valence-corrected chi connectivity index (χ4v) is 3.67. The van der Waals surface area contributed by atoms with Crippen LogP contribution in [0, 0.1) is 0 Å². The van der Waals surface area contributed by atoms with E-state index >= 15 is 0 Å². The van der Waals surface area contributed by atoms with Crippen LogP contribution < -0.4 is 0 Å². The van der Waals surface area contributed by atoms with Gasteiger partial charge in [-0.1, -0.05) is 54.6 Å². The van der Waals surface area contributed by atoms with Gasteiger partial charge in [0.05, 0.1) is 11.3 Å². The van der Waals surface area contributed by atoms with Gasteiger partial charge >= 0.3 is 0 Å². The molecule has 4 rings (SSSR count). The number of carbonyl (C=O) groups is 2. The van der Waals surface area contributed by atoms with Crippen molar-refractivity contribution in [3.05, 3.63) is 76.9 Å². The molecule has 0 atom stereocenters. The summed E-state index contributed by atoms with van der Waals surface area (Å²) in [5.74, 6) is -0.278. The van der Waals surface area contributed by atoms with Crippen molar-refractivity contribution >= 4 is 17.3 Å². The number of nitrogens with zero attached hydrogens (tertiary/aromatic N) is 1. The van der Waals surface area contributed by atoms with E-state index in [0.29, 0.717) is 16.7 Å². The summed E-state index contributed by atoms with van der Waals surface area (Å²) < 4.78 is 0. The van der Waals surface area contributed by atoms with E-state index in [4.69, 9.17) is 0 Å². The molecule has 2 aliphatic rings. The zero-order chi connectivity index (χ0) is 16.5. The minimum absolute atomic E-state index is 0.139. The summed E-state index contributed by atoms with van der Waals surface area (Å²) in [6.45, 7) is 1.79. The molecular formula is C21H19NO2. The summed E-state index contributed by atoms with van der Waals surface area (Å²) in [6.07, 6.45) is 3.40. The summed E-state index contributed by atoms with van der Waals surface area (Å²) in [6, 6.07) is 17.0. The number of carbonyl (C=O) groups excluding carboxylic acids is 2. The number of fused-ring (bicyclic) bond motifs is 1. The third-order valence-corrected chi connectivity index (χ3v) is 4.83. The molecule has 0 aromatic heterocycles. The van der Waals surface area contributed by atoms with Crippen LogP contribution in [0.15, 0.2) is 60.2 Å². The Kier molecular flexibility index (Phi) is 3.77. The SMILES string of the molecule is O=C1C(=C(c2ccccc2)N2CCCCC2)C(=O)c2ccccc21. The highest BCUT2D eigenvalue weighted by molar-refractivity contribution is 6.42. The van der Waals surface area contributed by atoms with Crippen molar-refractivity contribution in [1.82, 2.24) is 4.90 Å². The molecular weight excluding hydrogens is 298 g/mol. The van der Waals surface area contributed by atoms with Gasteiger partial charge in [0.25, 0.3) is 0 Å². The molecule has 0 unspecified atom stereocenters. The third-order valence-electron chi connectivity index (χ3n) is 4.83. The van der Waals surface area contributed by atoms with Crippen LogP contribution >= 0.6 is 0 Å². The maximum Gasteiger partial charge on any atom is 0.199 e. The van der Waals surface area contributed by atoms with E-state index in [1.807, 2.05) is 42.5 Å². The maximum absolute atomic E-state index is 13.0. The molecule has 0 bridgehead atoms. The molecule has 3 heteroatoms. The molecule has 0 radical (unpaired) electrons. The van der Waals surface area contributed by atoms with Gasteiger partial charge in [0.2, 0.25) is 0 Å². The van der Waals surface area contributed by atoms with Crippen LogP contribution in [-0.2, 0) is 0 Å². The van der Waals surface area contributed by atoms with E-state index in [9.17, 15) is 9.59 Å². The molecule has 1 aliphatic carbocycles. The monoisotopic (exact) mass is 317 g/mol. The van der Waals surface area contributed by atoms with Crippen molar-refractivity contribution in [2.45, 2.75) is 19.3 Å². The van der Waals surface area contributed by atoms with Crippen LogP contribution in [0.5, 0.6) is 0 Å². The fourth-order valence-electron chi connectivity index (χ4n) is 3.67. The number of Topliss-reactive ketones (excluding diaryl/α,β-unsaturated/α-hetero) is 2. The van der Waals surface area contributed by atoms with Crippen LogP contribution in [0.3, 0.4) is 0 Å². The van der Waals surface area contributed by atoms with Crippen LogP contribution in [0.1, 0.15) is 45.5 Å². The summed E-state index contributed by atoms with van der Waals surface area (Å²) in [4.78, 5) is 28.1. The van der Waals surface area contributed by atoms with Crippen LogP contribution in [0.25, 0.3) is 5.70 Å². The van der Waals surface area contributed by atoms with Gasteiger partial charge in [-0.05, 0) is 24.8 Å². The molecule has 1 aliphatic heterocycles. The zero-order valence-corrected chi connectivity index (χ0v) is 13.5. The number of piperidine rings is 1. The minimum atomic E-state index is -0.139. The fraction of sp³-hybridized carbons (Fsp3) is 0.238. The van der Waals surface area contributed by atoms with Gasteiger partial charge in [0, 0.05) is 24.2 Å². The van der Waals surface area contributed by atoms with Crippen molar-refractivity contribution < 1.29 is 9.59 Å². The van der Waals surface area contributed by atoms with E-state index in [2.05, 4.69) is 4.90 Å². The van der Waals surface area contributed by atoms with Crippen molar-refractivity contribution in [3.8, 4) is 0 Å². The first-order valence-electron chi connectivity index (χ1n) is 8.50. The van der Waals surface area contributed by atoms with Gasteiger partial charge in [-0.2, -0.15) is 0 Å². The molecule has 1 heterocycles. The Morgan fingerprint density at radius 3 is 1.83 bits per heavy atom. The summed E-state index contributed by atoms with van der Waals surface area (Å²) in [7, 11) is 0. The minimum Gasteiger partial charge on any atom is -0.370 e. The quantitative estimate of drug-likeness (QED) is 0.621. The normalized spacial score (nSPS) is 17.2. The van der Waals surface area contributed by atoms with Gasteiger partial charge < -0.3 is 4.90 Å². The lowest BCUT2D eigenvalue weighted by atomic mass is 9.99. The number of likely N-dealkylation sites (tertiary alicyclic amines) is 1. The van der Waals surface area contributed by atoms with E-state index in [0.717, 1.165) is 37.2 Å². The lowest BCUT2D eigenvalue weighted by Gasteiger charge is -2.32. The molecule has 0 amide bonds. The predicted octanol–water partition coefficient (Wildman–Crippen LogP) is 3.96. The Hall–Kier alpha value is -2.68. The molecule has 0 saturated carbocycles. The molecule has 24 heavy (non-hydrogen) atoms. The van der Waals surface area contributed by atoms with E-state index in [1.54, 1.807) is 12.1 Å². The highest BCUT2D eigenvalue weighted by Gasteiger charge is 2.37. The number of benzene rings is 2. The van der Waals surface area contributed by atoms with Crippen molar-refractivity contribution in [2.75, 3.05) is 13.1 Å². The molecule has 2 aromatic rings. The second-order valence-corrected chi connectivity index (χ2v) is 6.34. The average molecular weight is 317 g/mol. The summed E-state index contributed by atoms with van der Waals surface area (Å²) in [5.41, 5.74) is 3.15. The number of allylic oxidation sites excluding steroid dienone is 1. The summed E-state index contributed by atoms with van der Waals surface area (Å²) in [5, 5.41) is 0. The van der Waals surface area contributed by atoms with E-state index in [-0.39, 0.29) is 11.6 Å². The topological polar surface area (TPSA) is 37.4 Å². The Labute approximate surface area is 141 Å². The molecule has 3 nitrogen and oxygen atoms in total. The highest BCUT2D eigenvalue weighted by atomic mass is 16.2. The van der Waals surface area contributed by atoms with E-state index < -0.39 is 0 Å². The lowest BCUT2D eigenvalue weighted by Crippen LogP contribution is -2.30. The van der Waals surface area contributed by atoms with Crippen molar-refractivity contribution in [1.29, 1.82) is 0 Å². The molecule has 0 spiro atoms. The molecule has 120 valence electrons. The first-order valence-corrected chi connectivity index (χ1v) is 8.50. The Bertz CT molecular complexity index is 793. The Morgan fingerprint density at radius 1 is 0.708 bits per heavy atom. The number of hydrogen-bond donors (Lipinski definition) is 0. The standard InChI is InChI=1S/C21H19NO2/c23-20-16-11-5-6-12-17(16)21(24)18(20)19(15-9-3-1-4-10-15)22-13-7-2-8-14-22/h1,3-6,9-12H,2,7-8,13-14H2. The van der Waals surface area contributed by atoms with Crippen LogP contribution in [-0.4, -0.2) is 29.6 Å². The van der Waals surface area contributed by atoms with Crippen LogP contribution in [0.4, 0.5) is 0 Å². The number of ketones is 2. The van der Waals surface area contributed by atoms with Crippen molar-refractivity contribution in [3.63, 3.8) is 0 Å². The van der Waals surface area contributed by atoms with Gasteiger partial charge in [-0.15, -0.1) is 0 Å². The second-order valence-electron chi connectivity index (χ2n) is 6.34. The first kappa shape index (κ1) is 14.9. The van der Waals surface area contributed by atoms with Gasteiger partial charge in [-0.3, -0.25) is 9.59 Å². The number of hydrogen-bond acceptors (Lipinski definition) is 3. The smallest absolute Gasteiger partial charge is 0.199 e. The zero-order valence-electron chi connectivity index (χ0n) is 13.5. The number of rotatable bonds is 2. The van der Waals surface area contributed by atoms with E-state index in [1.165, 1.54) is 6.42 Å².